The highest BCUT2D eigenvalue weighted by molar-refractivity contribution is 9.10. The van der Waals surface area contributed by atoms with E-state index in [2.05, 4.69) is 30.6 Å². The number of H-pyrrole nitrogens is 1. The molecule has 0 aliphatic carbocycles. The van der Waals surface area contributed by atoms with Gasteiger partial charge in [-0.05, 0) is 22.0 Å². The number of aromatic amines is 1. The number of pyridine rings is 1. The number of alkyl halides is 3. The summed E-state index contributed by atoms with van der Waals surface area (Å²) in [6.07, 6.45) is -1.97. The van der Waals surface area contributed by atoms with Crippen LogP contribution in [0.25, 0.3) is 10.9 Å². The van der Waals surface area contributed by atoms with E-state index in [1.54, 1.807) is 0 Å². The molecule has 0 amide bonds. The van der Waals surface area contributed by atoms with Crippen LogP contribution in [-0.4, -0.2) is 16.3 Å². The molecule has 0 radical (unpaired) electrons. The Morgan fingerprint density at radius 2 is 2.13 bits per heavy atom. The lowest BCUT2D eigenvalue weighted by molar-refractivity contribution is -0.275. The fraction of sp³-hybridized carbons (Fsp3) is 0.125. The fourth-order valence-electron chi connectivity index (χ4n) is 1.19. The van der Waals surface area contributed by atoms with Crippen LogP contribution in [0.4, 0.5) is 13.2 Å². The fourth-order valence-corrected chi connectivity index (χ4v) is 1.62. The molecule has 1 N–H and O–H groups in total. The minimum Gasteiger partial charge on any atom is -0.387 e. The molecule has 2 aromatic rings. The van der Waals surface area contributed by atoms with E-state index in [9.17, 15) is 13.2 Å². The summed E-state index contributed by atoms with van der Waals surface area (Å²) in [4.78, 5) is 6.33. The largest absolute Gasteiger partial charge is 0.574 e. The second-order valence-corrected chi connectivity index (χ2v) is 3.58. The average molecular weight is 281 g/mol. The van der Waals surface area contributed by atoms with E-state index < -0.39 is 12.2 Å². The summed E-state index contributed by atoms with van der Waals surface area (Å²) >= 11 is 3.16. The Bertz CT molecular complexity index is 494. The number of hydrogen-bond acceptors (Lipinski definition) is 2. The Hall–Kier alpha value is -1.24. The van der Waals surface area contributed by atoms with Crippen molar-refractivity contribution < 1.29 is 17.9 Å². The van der Waals surface area contributed by atoms with E-state index in [0.717, 1.165) is 0 Å². The highest BCUT2D eigenvalue weighted by Gasteiger charge is 2.32. The van der Waals surface area contributed by atoms with Crippen LogP contribution >= 0.6 is 15.9 Å². The third-order valence-electron chi connectivity index (χ3n) is 1.72. The van der Waals surface area contributed by atoms with Gasteiger partial charge >= 0.3 is 6.36 Å². The number of fused-ring (bicyclic) bond motifs is 1. The monoisotopic (exact) mass is 280 g/mol. The number of aromatic nitrogens is 2. The lowest BCUT2D eigenvalue weighted by atomic mass is 10.3. The standard InChI is InChI=1S/C8H4BrF3N2O/c9-5-3-14-7(15-8(10,11)12)4-1-2-13-6(4)5/h1-3,13H. The van der Waals surface area contributed by atoms with Gasteiger partial charge in [0.25, 0.3) is 0 Å². The zero-order valence-corrected chi connectivity index (χ0v) is 8.69. The van der Waals surface area contributed by atoms with Gasteiger partial charge in [-0.15, -0.1) is 13.2 Å². The molecule has 0 aliphatic heterocycles. The zero-order chi connectivity index (χ0) is 11.1. The Balaban J connectivity index is 2.53. The molecule has 2 rings (SSSR count). The van der Waals surface area contributed by atoms with Gasteiger partial charge in [0.05, 0.1) is 15.4 Å². The first-order valence-electron chi connectivity index (χ1n) is 3.85. The summed E-state index contributed by atoms with van der Waals surface area (Å²) in [7, 11) is 0. The molecular weight excluding hydrogens is 277 g/mol. The maximum absolute atomic E-state index is 12.0. The van der Waals surface area contributed by atoms with E-state index in [1.165, 1.54) is 18.5 Å². The van der Waals surface area contributed by atoms with E-state index in [0.29, 0.717) is 9.99 Å². The molecular formula is C8H4BrF3N2O. The van der Waals surface area contributed by atoms with Gasteiger partial charge in [0.1, 0.15) is 0 Å². The van der Waals surface area contributed by atoms with Crippen molar-refractivity contribution in [2.24, 2.45) is 0 Å². The quantitative estimate of drug-likeness (QED) is 0.871. The summed E-state index contributed by atoms with van der Waals surface area (Å²) in [5, 5.41) is 0.279. The second kappa shape index (κ2) is 3.41. The molecule has 0 aliphatic rings. The second-order valence-electron chi connectivity index (χ2n) is 2.73. The first-order chi connectivity index (χ1) is 6.97. The van der Waals surface area contributed by atoms with Gasteiger partial charge in [0, 0.05) is 12.4 Å². The van der Waals surface area contributed by atoms with Crippen molar-refractivity contribution in [3.63, 3.8) is 0 Å². The van der Waals surface area contributed by atoms with Crippen molar-refractivity contribution in [1.82, 2.24) is 9.97 Å². The lowest BCUT2D eigenvalue weighted by Gasteiger charge is -2.08. The molecule has 0 unspecified atom stereocenters. The van der Waals surface area contributed by atoms with Gasteiger partial charge in [-0.1, -0.05) is 0 Å². The van der Waals surface area contributed by atoms with Crippen LogP contribution in [0.5, 0.6) is 5.88 Å². The summed E-state index contributed by atoms with van der Waals surface area (Å²) in [6, 6.07) is 1.47. The smallest absolute Gasteiger partial charge is 0.387 e. The highest BCUT2D eigenvalue weighted by atomic mass is 79.9. The van der Waals surface area contributed by atoms with Crippen LogP contribution in [0.2, 0.25) is 0 Å². The highest BCUT2D eigenvalue weighted by Crippen LogP contribution is 2.31. The van der Waals surface area contributed by atoms with E-state index in [4.69, 9.17) is 0 Å². The van der Waals surface area contributed by atoms with E-state index in [1.807, 2.05) is 0 Å². The molecule has 3 nitrogen and oxygen atoms in total. The van der Waals surface area contributed by atoms with Gasteiger partial charge in [0.2, 0.25) is 5.88 Å². The topological polar surface area (TPSA) is 37.9 Å². The van der Waals surface area contributed by atoms with Gasteiger partial charge in [0.15, 0.2) is 0 Å². The number of rotatable bonds is 1. The minimum atomic E-state index is -4.73. The van der Waals surface area contributed by atoms with Crippen LogP contribution < -0.4 is 4.74 Å². The maximum atomic E-state index is 12.0. The third-order valence-corrected chi connectivity index (χ3v) is 2.33. The molecule has 7 heteroatoms. The van der Waals surface area contributed by atoms with Gasteiger partial charge in [-0.2, -0.15) is 0 Å². The Labute approximate surface area is 90.4 Å². The van der Waals surface area contributed by atoms with Gasteiger partial charge in [-0.3, -0.25) is 0 Å². The Morgan fingerprint density at radius 3 is 2.80 bits per heavy atom. The van der Waals surface area contributed by atoms with Crippen molar-refractivity contribution in [2.45, 2.75) is 6.36 Å². The molecule has 80 valence electrons. The van der Waals surface area contributed by atoms with Crippen LogP contribution in [0.15, 0.2) is 22.9 Å². The summed E-state index contributed by atoms with van der Waals surface area (Å²) in [6.45, 7) is 0. The number of halogens is 4. The predicted octanol–water partition coefficient (Wildman–Crippen LogP) is 3.22. The summed E-state index contributed by atoms with van der Waals surface area (Å²) in [5.74, 6) is -0.457. The van der Waals surface area contributed by atoms with Crippen molar-refractivity contribution in [1.29, 1.82) is 0 Å². The molecule has 0 spiro atoms. The van der Waals surface area contributed by atoms with Crippen LogP contribution in [0.1, 0.15) is 0 Å². The molecule has 2 aromatic heterocycles. The molecule has 2 heterocycles. The van der Waals surface area contributed by atoms with Crippen molar-refractivity contribution in [3.8, 4) is 5.88 Å². The Morgan fingerprint density at radius 1 is 1.40 bits per heavy atom. The van der Waals surface area contributed by atoms with E-state index >= 15 is 0 Å². The van der Waals surface area contributed by atoms with Crippen LogP contribution in [0.3, 0.4) is 0 Å². The number of nitrogens with zero attached hydrogens (tertiary/aromatic N) is 1. The average Bonchev–Trinajstić information content (AvgIpc) is 2.57. The molecule has 0 bridgehead atoms. The molecule has 0 saturated heterocycles. The summed E-state index contributed by atoms with van der Waals surface area (Å²) in [5.41, 5.74) is 0.518. The summed E-state index contributed by atoms with van der Waals surface area (Å²) < 4.78 is 40.3. The first kappa shape index (κ1) is 10.3. The van der Waals surface area contributed by atoms with Gasteiger partial charge < -0.3 is 9.72 Å². The first-order valence-corrected chi connectivity index (χ1v) is 4.64. The molecule has 15 heavy (non-hydrogen) atoms. The van der Waals surface area contributed by atoms with Crippen LogP contribution in [0, 0.1) is 0 Å². The lowest BCUT2D eigenvalue weighted by Crippen LogP contribution is -2.18. The van der Waals surface area contributed by atoms with Crippen molar-refractivity contribution in [3.05, 3.63) is 22.9 Å². The number of hydrogen-bond donors (Lipinski definition) is 1. The Kier molecular flexibility index (Phi) is 2.34. The minimum absolute atomic E-state index is 0.279. The third kappa shape index (κ3) is 2.06. The molecule has 0 saturated carbocycles. The van der Waals surface area contributed by atoms with Gasteiger partial charge in [-0.25, -0.2) is 4.98 Å². The van der Waals surface area contributed by atoms with E-state index in [-0.39, 0.29) is 5.39 Å². The molecule has 0 atom stereocenters. The normalized spacial score (nSPS) is 12.0. The van der Waals surface area contributed by atoms with Crippen LogP contribution in [-0.2, 0) is 0 Å². The number of ether oxygens (including phenoxy) is 1. The maximum Gasteiger partial charge on any atom is 0.574 e. The van der Waals surface area contributed by atoms with Crippen molar-refractivity contribution in [2.75, 3.05) is 0 Å². The zero-order valence-electron chi connectivity index (χ0n) is 7.10. The molecule has 0 aromatic carbocycles. The SMILES string of the molecule is FC(F)(F)Oc1ncc(Br)c2[nH]ccc12. The predicted molar refractivity (Wildman–Crippen MR) is 50.5 cm³/mol. The molecule has 0 fully saturated rings. The van der Waals surface area contributed by atoms with Crippen molar-refractivity contribution >= 4 is 26.8 Å². The number of nitrogens with one attached hydrogen (secondary N) is 1.